The van der Waals surface area contributed by atoms with Crippen molar-refractivity contribution in [3.63, 3.8) is 0 Å². The molecule has 5 N–H and O–H groups in total. The lowest BCUT2D eigenvalue weighted by atomic mass is 10.2. The Balaban J connectivity index is 2.30. The number of carbonyl (C=O) groups excluding carboxylic acids is 1. The molecule has 0 aliphatic rings. The molecule has 7 nitrogen and oxygen atoms in total. The van der Waals surface area contributed by atoms with Crippen molar-refractivity contribution in [2.24, 2.45) is 5.84 Å². The number of aromatic nitrogens is 2. The van der Waals surface area contributed by atoms with Crippen molar-refractivity contribution in [2.45, 2.75) is 32.7 Å². The molecule has 1 aromatic heterocycles. The molecule has 0 saturated heterocycles. The van der Waals surface area contributed by atoms with Crippen LogP contribution in [-0.4, -0.2) is 28.5 Å². The van der Waals surface area contributed by atoms with Crippen LogP contribution in [0.25, 0.3) is 0 Å². The van der Waals surface area contributed by atoms with Crippen LogP contribution in [0.15, 0.2) is 12.3 Å². The fourth-order valence-corrected chi connectivity index (χ4v) is 1.28. The van der Waals surface area contributed by atoms with E-state index >= 15 is 0 Å². The zero-order valence-electron chi connectivity index (χ0n) is 10.7. The van der Waals surface area contributed by atoms with Gasteiger partial charge in [0.2, 0.25) is 11.9 Å². The lowest BCUT2D eigenvalue weighted by molar-refractivity contribution is -0.121. The Kier molecular flexibility index (Phi) is 5.86. The summed E-state index contributed by atoms with van der Waals surface area (Å²) in [6, 6.07) is 1.93. The molecule has 0 aromatic carbocycles. The van der Waals surface area contributed by atoms with Gasteiger partial charge in [0.1, 0.15) is 5.82 Å². The number of nitrogen functional groups attached to an aromatic ring is 1. The van der Waals surface area contributed by atoms with E-state index in [1.807, 2.05) is 13.8 Å². The van der Waals surface area contributed by atoms with E-state index in [0.29, 0.717) is 24.7 Å². The minimum Gasteiger partial charge on any atom is -0.369 e. The average Bonchev–Trinajstić information content (AvgIpc) is 2.38. The number of carbonyl (C=O) groups is 1. The lowest BCUT2D eigenvalue weighted by Crippen LogP contribution is -2.33. The van der Waals surface area contributed by atoms with Gasteiger partial charge in [0.25, 0.3) is 0 Å². The summed E-state index contributed by atoms with van der Waals surface area (Å²) in [5, 5.41) is 5.93. The van der Waals surface area contributed by atoms with Crippen LogP contribution in [-0.2, 0) is 4.79 Å². The number of nitrogens with zero attached hydrogens (tertiary/aromatic N) is 2. The number of nitrogens with one attached hydrogen (secondary N) is 3. The van der Waals surface area contributed by atoms with Crippen LogP contribution in [0.1, 0.15) is 26.7 Å². The Labute approximate surface area is 107 Å². The number of anilines is 2. The van der Waals surface area contributed by atoms with Crippen molar-refractivity contribution in [2.75, 3.05) is 17.3 Å². The Hall–Kier alpha value is -1.89. The lowest BCUT2D eigenvalue weighted by Gasteiger charge is -2.11. The molecule has 1 aromatic rings. The fourth-order valence-electron chi connectivity index (χ4n) is 1.28. The van der Waals surface area contributed by atoms with Crippen LogP contribution < -0.4 is 21.9 Å². The largest absolute Gasteiger partial charge is 0.369 e. The first-order chi connectivity index (χ1) is 8.65. The SMILES string of the molecule is CCC(C)NC(=O)CCNc1ccnc(NN)n1. The van der Waals surface area contributed by atoms with Gasteiger partial charge in [-0.1, -0.05) is 6.92 Å². The zero-order chi connectivity index (χ0) is 13.4. The predicted molar refractivity (Wildman–Crippen MR) is 70.8 cm³/mol. The van der Waals surface area contributed by atoms with Crippen LogP contribution in [0.3, 0.4) is 0 Å². The molecule has 0 bridgehead atoms. The van der Waals surface area contributed by atoms with Gasteiger partial charge >= 0.3 is 0 Å². The van der Waals surface area contributed by atoms with Gasteiger partial charge in [-0.2, -0.15) is 4.98 Å². The first kappa shape index (κ1) is 14.2. The number of rotatable bonds is 7. The highest BCUT2D eigenvalue weighted by atomic mass is 16.1. The van der Waals surface area contributed by atoms with Crippen molar-refractivity contribution in [1.29, 1.82) is 0 Å². The summed E-state index contributed by atoms with van der Waals surface area (Å²) in [5.74, 6) is 6.20. The normalized spacial score (nSPS) is 11.7. The summed E-state index contributed by atoms with van der Waals surface area (Å²) >= 11 is 0. The highest BCUT2D eigenvalue weighted by Crippen LogP contribution is 2.04. The molecule has 0 saturated carbocycles. The van der Waals surface area contributed by atoms with Gasteiger partial charge < -0.3 is 10.6 Å². The van der Waals surface area contributed by atoms with E-state index in [1.54, 1.807) is 12.3 Å². The second-order valence-corrected chi connectivity index (χ2v) is 3.96. The smallest absolute Gasteiger partial charge is 0.239 e. The number of hydrogen-bond acceptors (Lipinski definition) is 6. The Morgan fingerprint density at radius 2 is 2.33 bits per heavy atom. The second kappa shape index (κ2) is 7.44. The summed E-state index contributed by atoms with van der Waals surface area (Å²) in [6.45, 7) is 4.53. The van der Waals surface area contributed by atoms with Crippen molar-refractivity contribution < 1.29 is 4.79 Å². The average molecular weight is 252 g/mol. The number of amides is 1. The third-order valence-electron chi connectivity index (χ3n) is 2.46. The summed E-state index contributed by atoms with van der Waals surface area (Å²) < 4.78 is 0. The third kappa shape index (κ3) is 4.96. The zero-order valence-corrected chi connectivity index (χ0v) is 10.7. The standard InChI is InChI=1S/C11H20N6O/c1-3-8(2)15-10(18)5-7-13-9-4-6-14-11(16-9)17-12/h4,6,8H,3,5,7,12H2,1-2H3,(H,15,18)(H2,13,14,16,17). The van der Waals surface area contributed by atoms with E-state index in [-0.39, 0.29) is 11.9 Å². The van der Waals surface area contributed by atoms with Crippen molar-refractivity contribution in [3.05, 3.63) is 12.3 Å². The molecule has 0 fully saturated rings. The predicted octanol–water partition coefficient (Wildman–Crippen LogP) is 0.479. The van der Waals surface area contributed by atoms with Crippen LogP contribution >= 0.6 is 0 Å². The van der Waals surface area contributed by atoms with Gasteiger partial charge in [-0.25, -0.2) is 10.8 Å². The Morgan fingerprint density at radius 3 is 3.00 bits per heavy atom. The van der Waals surface area contributed by atoms with Crippen LogP contribution in [0.5, 0.6) is 0 Å². The molecule has 100 valence electrons. The van der Waals surface area contributed by atoms with Gasteiger partial charge in [-0.15, -0.1) is 0 Å². The van der Waals surface area contributed by atoms with Crippen LogP contribution in [0, 0.1) is 0 Å². The molecule has 1 amide bonds. The molecule has 0 aliphatic carbocycles. The van der Waals surface area contributed by atoms with E-state index in [0.717, 1.165) is 6.42 Å². The highest BCUT2D eigenvalue weighted by Gasteiger charge is 2.05. The van der Waals surface area contributed by atoms with Crippen molar-refractivity contribution >= 4 is 17.7 Å². The number of hydrogen-bond donors (Lipinski definition) is 4. The van der Waals surface area contributed by atoms with Crippen LogP contribution in [0.4, 0.5) is 11.8 Å². The quantitative estimate of drug-likeness (QED) is 0.415. The number of nitrogens with two attached hydrogens (primary N) is 1. The van der Waals surface area contributed by atoms with Gasteiger partial charge in [-0.3, -0.25) is 10.2 Å². The van der Waals surface area contributed by atoms with Crippen LogP contribution in [0.2, 0.25) is 0 Å². The summed E-state index contributed by atoms with van der Waals surface area (Å²) in [5.41, 5.74) is 2.36. The molecular formula is C11H20N6O. The van der Waals surface area contributed by atoms with E-state index in [2.05, 4.69) is 26.0 Å². The third-order valence-corrected chi connectivity index (χ3v) is 2.46. The molecular weight excluding hydrogens is 232 g/mol. The topological polar surface area (TPSA) is 105 Å². The first-order valence-electron chi connectivity index (χ1n) is 5.98. The molecule has 0 radical (unpaired) electrons. The Morgan fingerprint density at radius 1 is 1.56 bits per heavy atom. The molecule has 1 unspecified atom stereocenters. The van der Waals surface area contributed by atoms with E-state index in [4.69, 9.17) is 5.84 Å². The van der Waals surface area contributed by atoms with Crippen molar-refractivity contribution in [1.82, 2.24) is 15.3 Å². The molecule has 7 heteroatoms. The van der Waals surface area contributed by atoms with Crippen molar-refractivity contribution in [3.8, 4) is 0 Å². The van der Waals surface area contributed by atoms with Gasteiger partial charge in [0.15, 0.2) is 0 Å². The minimum atomic E-state index is 0.0306. The maximum atomic E-state index is 11.5. The minimum absolute atomic E-state index is 0.0306. The van der Waals surface area contributed by atoms with E-state index in [9.17, 15) is 4.79 Å². The summed E-state index contributed by atoms with van der Waals surface area (Å²) in [4.78, 5) is 19.5. The molecule has 1 rings (SSSR count). The second-order valence-electron chi connectivity index (χ2n) is 3.96. The summed E-state index contributed by atoms with van der Waals surface area (Å²) in [7, 11) is 0. The summed E-state index contributed by atoms with van der Waals surface area (Å²) in [6.07, 6.45) is 2.92. The molecule has 18 heavy (non-hydrogen) atoms. The van der Waals surface area contributed by atoms with E-state index < -0.39 is 0 Å². The fraction of sp³-hybridized carbons (Fsp3) is 0.545. The molecule has 1 heterocycles. The first-order valence-corrected chi connectivity index (χ1v) is 5.98. The van der Waals surface area contributed by atoms with E-state index in [1.165, 1.54) is 0 Å². The van der Waals surface area contributed by atoms with Gasteiger partial charge in [-0.05, 0) is 19.4 Å². The molecule has 0 aliphatic heterocycles. The molecule has 0 spiro atoms. The maximum absolute atomic E-state index is 11.5. The highest BCUT2D eigenvalue weighted by molar-refractivity contribution is 5.76. The maximum Gasteiger partial charge on any atom is 0.239 e. The monoisotopic (exact) mass is 252 g/mol. The molecule has 1 atom stereocenters. The number of hydrazine groups is 1. The van der Waals surface area contributed by atoms with Gasteiger partial charge in [0.05, 0.1) is 0 Å². The van der Waals surface area contributed by atoms with Gasteiger partial charge in [0, 0.05) is 25.2 Å². The Bertz CT molecular complexity index is 384.